The van der Waals surface area contributed by atoms with Crippen LogP contribution in [0.4, 0.5) is 0 Å². The topological polar surface area (TPSA) is 60.2 Å². The second kappa shape index (κ2) is 6.00. The van der Waals surface area contributed by atoms with E-state index in [4.69, 9.17) is 9.26 Å². The van der Waals surface area contributed by atoms with Crippen molar-refractivity contribution in [3.63, 3.8) is 0 Å². The van der Waals surface area contributed by atoms with Crippen molar-refractivity contribution in [3.05, 3.63) is 42.0 Å². The summed E-state index contributed by atoms with van der Waals surface area (Å²) in [6.07, 6.45) is 0. The van der Waals surface area contributed by atoms with Gasteiger partial charge in [0.25, 0.3) is 0 Å². The lowest BCUT2D eigenvalue weighted by atomic mass is 10.3. The van der Waals surface area contributed by atoms with Crippen molar-refractivity contribution in [2.45, 2.75) is 13.5 Å². The molecule has 0 unspecified atom stereocenters. The zero-order valence-corrected chi connectivity index (χ0v) is 9.72. The third kappa shape index (κ3) is 3.88. The van der Waals surface area contributed by atoms with E-state index in [2.05, 4.69) is 15.5 Å². The van der Waals surface area contributed by atoms with Crippen LogP contribution >= 0.6 is 0 Å². The Labute approximate surface area is 99.8 Å². The number of hydrogen-bond donors (Lipinski definition) is 1. The molecule has 0 radical (unpaired) electrons. The Hall–Kier alpha value is -1.88. The van der Waals surface area contributed by atoms with E-state index in [9.17, 15) is 0 Å². The van der Waals surface area contributed by atoms with Crippen LogP contribution in [0.25, 0.3) is 0 Å². The summed E-state index contributed by atoms with van der Waals surface area (Å²) in [5.41, 5.74) is 0. The molecule has 5 nitrogen and oxygen atoms in total. The SMILES string of the molecule is Cc1noc(CNCCOc2ccccc2)n1. The third-order valence-corrected chi connectivity index (χ3v) is 2.14. The van der Waals surface area contributed by atoms with Crippen molar-refractivity contribution in [1.29, 1.82) is 0 Å². The molecule has 0 aliphatic rings. The Morgan fingerprint density at radius 1 is 1.29 bits per heavy atom. The van der Waals surface area contributed by atoms with Crippen LogP contribution < -0.4 is 10.1 Å². The van der Waals surface area contributed by atoms with Crippen LogP contribution in [0, 0.1) is 6.92 Å². The quantitative estimate of drug-likeness (QED) is 0.767. The Kier molecular flexibility index (Phi) is 4.10. The summed E-state index contributed by atoms with van der Waals surface area (Å²) in [7, 11) is 0. The normalized spacial score (nSPS) is 10.4. The summed E-state index contributed by atoms with van der Waals surface area (Å²) in [6, 6.07) is 9.72. The molecule has 1 aromatic carbocycles. The van der Waals surface area contributed by atoms with Gasteiger partial charge in [-0.05, 0) is 19.1 Å². The molecule has 0 saturated heterocycles. The van der Waals surface area contributed by atoms with Crippen LogP contribution in [0.1, 0.15) is 11.7 Å². The van der Waals surface area contributed by atoms with Crippen LogP contribution in [0.3, 0.4) is 0 Å². The minimum atomic E-state index is 0.568. The summed E-state index contributed by atoms with van der Waals surface area (Å²) >= 11 is 0. The summed E-state index contributed by atoms with van der Waals surface area (Å²) in [6.45, 7) is 3.71. The number of ether oxygens (including phenoxy) is 1. The van der Waals surface area contributed by atoms with E-state index in [0.717, 1.165) is 12.3 Å². The van der Waals surface area contributed by atoms with Crippen molar-refractivity contribution < 1.29 is 9.26 Å². The molecule has 17 heavy (non-hydrogen) atoms. The Morgan fingerprint density at radius 3 is 2.82 bits per heavy atom. The molecule has 0 amide bonds. The Bertz CT molecular complexity index is 442. The van der Waals surface area contributed by atoms with Crippen LogP contribution in [-0.2, 0) is 6.54 Å². The average molecular weight is 233 g/mol. The van der Waals surface area contributed by atoms with E-state index in [-0.39, 0.29) is 0 Å². The predicted molar refractivity (Wildman–Crippen MR) is 62.7 cm³/mol. The van der Waals surface area contributed by atoms with Gasteiger partial charge < -0.3 is 14.6 Å². The maximum absolute atomic E-state index is 5.52. The second-order valence-corrected chi connectivity index (χ2v) is 3.57. The van der Waals surface area contributed by atoms with Gasteiger partial charge in [0.15, 0.2) is 5.82 Å². The highest BCUT2D eigenvalue weighted by molar-refractivity contribution is 5.20. The maximum atomic E-state index is 5.52. The molecule has 1 heterocycles. The lowest BCUT2D eigenvalue weighted by Gasteiger charge is -2.05. The van der Waals surface area contributed by atoms with E-state index < -0.39 is 0 Å². The van der Waals surface area contributed by atoms with Crippen molar-refractivity contribution in [2.24, 2.45) is 0 Å². The Morgan fingerprint density at radius 2 is 2.12 bits per heavy atom. The van der Waals surface area contributed by atoms with Gasteiger partial charge in [-0.2, -0.15) is 4.98 Å². The molecule has 2 rings (SSSR count). The molecule has 0 aliphatic heterocycles. The zero-order valence-electron chi connectivity index (χ0n) is 9.72. The number of nitrogens with one attached hydrogen (secondary N) is 1. The van der Waals surface area contributed by atoms with Gasteiger partial charge in [-0.25, -0.2) is 0 Å². The molecule has 1 aromatic heterocycles. The number of nitrogens with zero attached hydrogens (tertiary/aromatic N) is 2. The lowest BCUT2D eigenvalue weighted by Crippen LogP contribution is -2.20. The van der Waals surface area contributed by atoms with Gasteiger partial charge >= 0.3 is 0 Å². The summed E-state index contributed by atoms with van der Waals surface area (Å²) in [5, 5.41) is 6.87. The van der Waals surface area contributed by atoms with Crippen molar-refractivity contribution in [2.75, 3.05) is 13.2 Å². The first-order valence-corrected chi connectivity index (χ1v) is 5.52. The van der Waals surface area contributed by atoms with Crippen molar-refractivity contribution >= 4 is 0 Å². The Balaban J connectivity index is 1.61. The number of hydrogen-bond acceptors (Lipinski definition) is 5. The fraction of sp³-hybridized carbons (Fsp3) is 0.333. The number of aromatic nitrogens is 2. The van der Waals surface area contributed by atoms with Crippen LogP contribution in [-0.4, -0.2) is 23.3 Å². The zero-order chi connectivity index (χ0) is 11.9. The standard InChI is InChI=1S/C12H15N3O2/c1-10-14-12(17-15-10)9-13-7-8-16-11-5-3-2-4-6-11/h2-6,13H,7-9H2,1H3. The van der Waals surface area contributed by atoms with Gasteiger partial charge in [0, 0.05) is 6.54 Å². The second-order valence-electron chi connectivity index (χ2n) is 3.57. The first-order chi connectivity index (χ1) is 8.34. The molecule has 0 aliphatic carbocycles. The van der Waals surface area contributed by atoms with E-state index in [1.54, 1.807) is 6.92 Å². The van der Waals surface area contributed by atoms with Crippen LogP contribution in [0.15, 0.2) is 34.9 Å². The number of rotatable bonds is 6. The highest BCUT2D eigenvalue weighted by atomic mass is 16.5. The molecule has 90 valence electrons. The molecule has 0 fully saturated rings. The first kappa shape index (κ1) is 11.6. The largest absolute Gasteiger partial charge is 0.492 e. The highest BCUT2D eigenvalue weighted by Gasteiger charge is 2.00. The molecule has 1 N–H and O–H groups in total. The monoisotopic (exact) mass is 233 g/mol. The number of para-hydroxylation sites is 1. The molecule has 0 atom stereocenters. The maximum Gasteiger partial charge on any atom is 0.240 e. The van der Waals surface area contributed by atoms with E-state index >= 15 is 0 Å². The van der Waals surface area contributed by atoms with E-state index in [0.29, 0.717) is 24.9 Å². The number of aryl methyl sites for hydroxylation is 1. The molecular weight excluding hydrogens is 218 g/mol. The fourth-order valence-corrected chi connectivity index (χ4v) is 1.36. The van der Waals surface area contributed by atoms with Gasteiger partial charge in [0.05, 0.1) is 6.54 Å². The van der Waals surface area contributed by atoms with E-state index in [1.807, 2.05) is 30.3 Å². The van der Waals surface area contributed by atoms with E-state index in [1.165, 1.54) is 0 Å². The molecule has 2 aromatic rings. The van der Waals surface area contributed by atoms with Crippen molar-refractivity contribution in [3.8, 4) is 5.75 Å². The van der Waals surface area contributed by atoms with Crippen LogP contribution in [0.5, 0.6) is 5.75 Å². The van der Waals surface area contributed by atoms with Gasteiger partial charge in [0.2, 0.25) is 5.89 Å². The summed E-state index contributed by atoms with van der Waals surface area (Å²) in [5.74, 6) is 2.13. The average Bonchev–Trinajstić information content (AvgIpc) is 2.76. The van der Waals surface area contributed by atoms with Gasteiger partial charge in [0.1, 0.15) is 12.4 Å². The minimum absolute atomic E-state index is 0.568. The van der Waals surface area contributed by atoms with Gasteiger partial charge in [-0.15, -0.1) is 0 Å². The fourth-order valence-electron chi connectivity index (χ4n) is 1.36. The summed E-state index contributed by atoms with van der Waals surface area (Å²) < 4.78 is 10.5. The molecule has 0 spiro atoms. The molecule has 0 saturated carbocycles. The minimum Gasteiger partial charge on any atom is -0.492 e. The molecule has 5 heteroatoms. The molecular formula is C12H15N3O2. The number of benzene rings is 1. The smallest absolute Gasteiger partial charge is 0.240 e. The molecule has 0 bridgehead atoms. The third-order valence-electron chi connectivity index (χ3n) is 2.14. The van der Waals surface area contributed by atoms with Crippen molar-refractivity contribution in [1.82, 2.24) is 15.5 Å². The van der Waals surface area contributed by atoms with Gasteiger partial charge in [-0.3, -0.25) is 0 Å². The van der Waals surface area contributed by atoms with Gasteiger partial charge in [-0.1, -0.05) is 23.4 Å². The lowest BCUT2D eigenvalue weighted by molar-refractivity contribution is 0.305. The summed E-state index contributed by atoms with van der Waals surface area (Å²) in [4.78, 5) is 4.09. The predicted octanol–water partition coefficient (Wildman–Crippen LogP) is 1.55. The highest BCUT2D eigenvalue weighted by Crippen LogP contribution is 2.07. The first-order valence-electron chi connectivity index (χ1n) is 5.52. The van der Waals surface area contributed by atoms with Crippen LogP contribution in [0.2, 0.25) is 0 Å².